The van der Waals surface area contributed by atoms with Gasteiger partial charge in [0.05, 0.1) is 0 Å². The number of amides is 1. The number of hydrogen-bond donors (Lipinski definition) is 1. The lowest BCUT2D eigenvalue weighted by Gasteiger charge is -2.28. The summed E-state index contributed by atoms with van der Waals surface area (Å²) in [6.45, 7) is 6.37. The highest BCUT2D eigenvalue weighted by Crippen LogP contribution is 2.23. The van der Waals surface area contributed by atoms with Crippen molar-refractivity contribution >= 4 is 11.9 Å². The zero-order chi connectivity index (χ0) is 15.6. The molecule has 1 N–H and O–H groups in total. The number of benzene rings is 1. The van der Waals surface area contributed by atoms with Crippen LogP contribution >= 0.6 is 0 Å². The summed E-state index contributed by atoms with van der Waals surface area (Å²) in [5, 5.41) is 9.42. The lowest BCUT2D eigenvalue weighted by atomic mass is 9.98. The number of likely N-dealkylation sites (tertiary alicyclic amines) is 1. The zero-order valence-electron chi connectivity index (χ0n) is 13.0. The molecule has 0 spiro atoms. The first-order chi connectivity index (χ1) is 9.91. The van der Waals surface area contributed by atoms with Crippen LogP contribution < -0.4 is 0 Å². The van der Waals surface area contributed by atoms with Crippen LogP contribution in [0.1, 0.15) is 52.7 Å². The molecule has 0 bridgehead atoms. The first-order valence-electron chi connectivity index (χ1n) is 7.53. The van der Waals surface area contributed by atoms with E-state index in [1.807, 2.05) is 32.9 Å². The van der Waals surface area contributed by atoms with Crippen LogP contribution in [0.2, 0.25) is 0 Å². The summed E-state index contributed by atoms with van der Waals surface area (Å²) in [6, 6.07) is 3.27. The van der Waals surface area contributed by atoms with E-state index < -0.39 is 12.0 Å². The van der Waals surface area contributed by atoms with Crippen molar-refractivity contribution in [2.75, 3.05) is 6.54 Å². The molecule has 1 fully saturated rings. The maximum Gasteiger partial charge on any atom is 0.326 e. The average molecular weight is 289 g/mol. The fraction of sp³-hybridized carbons (Fsp3) is 0.529. The van der Waals surface area contributed by atoms with Gasteiger partial charge in [-0.15, -0.1) is 0 Å². The minimum Gasteiger partial charge on any atom is -0.480 e. The summed E-state index contributed by atoms with van der Waals surface area (Å²) < 4.78 is 0. The highest BCUT2D eigenvalue weighted by atomic mass is 16.4. The molecule has 1 aliphatic heterocycles. The smallest absolute Gasteiger partial charge is 0.326 e. The second-order valence-corrected chi connectivity index (χ2v) is 5.98. The molecule has 1 aromatic rings. The van der Waals surface area contributed by atoms with E-state index >= 15 is 0 Å². The molecule has 1 heterocycles. The van der Waals surface area contributed by atoms with E-state index in [0.29, 0.717) is 18.5 Å². The molecule has 0 radical (unpaired) electrons. The van der Waals surface area contributed by atoms with Crippen LogP contribution in [0.4, 0.5) is 0 Å². The van der Waals surface area contributed by atoms with Gasteiger partial charge in [-0.05, 0) is 44.7 Å². The Labute approximate surface area is 125 Å². The van der Waals surface area contributed by atoms with E-state index in [1.54, 1.807) is 4.90 Å². The number of aryl methyl sites for hydroxylation is 3. The van der Waals surface area contributed by atoms with Crippen LogP contribution in [0.15, 0.2) is 12.1 Å². The Morgan fingerprint density at radius 1 is 1.10 bits per heavy atom. The van der Waals surface area contributed by atoms with Gasteiger partial charge in [-0.2, -0.15) is 0 Å². The van der Waals surface area contributed by atoms with Crippen LogP contribution in [0.3, 0.4) is 0 Å². The Balaban J connectivity index is 2.39. The molecule has 21 heavy (non-hydrogen) atoms. The first kappa shape index (κ1) is 15.5. The third kappa shape index (κ3) is 3.26. The Hall–Kier alpha value is -1.84. The summed E-state index contributed by atoms with van der Waals surface area (Å²) in [5.41, 5.74) is 3.62. The van der Waals surface area contributed by atoms with Crippen molar-refractivity contribution in [3.63, 3.8) is 0 Å². The third-order valence-corrected chi connectivity index (χ3v) is 4.19. The number of carboxylic acid groups (broad SMARTS) is 1. The summed E-state index contributed by atoms with van der Waals surface area (Å²) in [7, 11) is 0. The monoisotopic (exact) mass is 289 g/mol. The normalized spacial score (nSPS) is 19.2. The number of hydrogen-bond acceptors (Lipinski definition) is 2. The lowest BCUT2D eigenvalue weighted by Crippen LogP contribution is -2.45. The number of carboxylic acids is 1. The summed E-state index contributed by atoms with van der Waals surface area (Å²) in [4.78, 5) is 25.9. The van der Waals surface area contributed by atoms with Crippen molar-refractivity contribution in [3.05, 3.63) is 34.4 Å². The van der Waals surface area contributed by atoms with Gasteiger partial charge in [-0.3, -0.25) is 4.79 Å². The molecule has 1 amide bonds. The molecule has 0 aromatic heterocycles. The highest BCUT2D eigenvalue weighted by molar-refractivity contribution is 5.99. The van der Waals surface area contributed by atoms with Gasteiger partial charge >= 0.3 is 5.97 Å². The van der Waals surface area contributed by atoms with Gasteiger partial charge in [-0.25, -0.2) is 4.79 Å². The standard InChI is InChI=1S/C17H23NO3/c1-11-9-12(2)15(13(3)10-11)16(19)18-8-6-4-5-7-14(18)17(20)21/h9-10,14H,4-8H2,1-3H3,(H,20,21). The van der Waals surface area contributed by atoms with Crippen LogP contribution in [-0.4, -0.2) is 34.5 Å². The maximum absolute atomic E-state index is 12.9. The van der Waals surface area contributed by atoms with Crippen molar-refractivity contribution in [2.24, 2.45) is 0 Å². The number of carbonyl (C=O) groups excluding carboxylic acids is 1. The molecule has 0 aliphatic carbocycles. The fourth-order valence-electron chi connectivity index (χ4n) is 3.27. The Morgan fingerprint density at radius 3 is 2.29 bits per heavy atom. The number of nitrogens with zero attached hydrogens (tertiary/aromatic N) is 1. The number of aliphatic carboxylic acids is 1. The van der Waals surface area contributed by atoms with Crippen LogP contribution in [0, 0.1) is 20.8 Å². The predicted molar refractivity (Wildman–Crippen MR) is 81.6 cm³/mol. The van der Waals surface area contributed by atoms with Crippen LogP contribution in [-0.2, 0) is 4.79 Å². The molecular weight excluding hydrogens is 266 g/mol. The van der Waals surface area contributed by atoms with Crippen molar-refractivity contribution < 1.29 is 14.7 Å². The van der Waals surface area contributed by atoms with Gasteiger partial charge in [-0.1, -0.05) is 30.5 Å². The van der Waals surface area contributed by atoms with E-state index in [9.17, 15) is 14.7 Å². The van der Waals surface area contributed by atoms with Gasteiger partial charge < -0.3 is 10.0 Å². The summed E-state index contributed by atoms with van der Waals surface area (Å²) in [5.74, 6) is -1.04. The van der Waals surface area contributed by atoms with Gasteiger partial charge in [0.25, 0.3) is 5.91 Å². The van der Waals surface area contributed by atoms with Gasteiger partial charge in [0.1, 0.15) is 6.04 Å². The molecule has 1 aliphatic rings. The molecule has 0 saturated carbocycles. The fourth-order valence-corrected chi connectivity index (χ4v) is 3.27. The third-order valence-electron chi connectivity index (χ3n) is 4.19. The minimum atomic E-state index is -0.896. The number of rotatable bonds is 2. The van der Waals surface area contributed by atoms with Crippen LogP contribution in [0.5, 0.6) is 0 Å². The van der Waals surface area contributed by atoms with Crippen molar-refractivity contribution in [2.45, 2.75) is 52.5 Å². The first-order valence-corrected chi connectivity index (χ1v) is 7.53. The van der Waals surface area contributed by atoms with E-state index in [2.05, 4.69) is 0 Å². The van der Waals surface area contributed by atoms with Gasteiger partial charge in [0.2, 0.25) is 0 Å². The van der Waals surface area contributed by atoms with E-state index in [1.165, 1.54) is 0 Å². The zero-order valence-corrected chi connectivity index (χ0v) is 13.0. The Morgan fingerprint density at radius 2 is 1.71 bits per heavy atom. The molecule has 1 unspecified atom stereocenters. The summed E-state index contributed by atoms with van der Waals surface area (Å²) >= 11 is 0. The highest BCUT2D eigenvalue weighted by Gasteiger charge is 2.32. The van der Waals surface area contributed by atoms with Gasteiger partial charge in [0, 0.05) is 12.1 Å². The Bertz CT molecular complexity index is 542. The molecule has 4 heteroatoms. The molecule has 1 saturated heterocycles. The summed E-state index contributed by atoms with van der Waals surface area (Å²) in [6.07, 6.45) is 3.27. The van der Waals surface area contributed by atoms with Gasteiger partial charge in [0.15, 0.2) is 0 Å². The van der Waals surface area contributed by atoms with E-state index in [0.717, 1.165) is 36.0 Å². The Kier molecular flexibility index (Phi) is 4.66. The molecule has 1 aromatic carbocycles. The molecular formula is C17H23NO3. The second kappa shape index (κ2) is 6.29. The predicted octanol–water partition coefficient (Wildman–Crippen LogP) is 3.08. The maximum atomic E-state index is 12.9. The van der Waals surface area contributed by atoms with Crippen molar-refractivity contribution in [3.8, 4) is 0 Å². The number of carbonyl (C=O) groups is 2. The molecule has 1 atom stereocenters. The molecule has 2 rings (SSSR count). The quantitative estimate of drug-likeness (QED) is 0.910. The SMILES string of the molecule is Cc1cc(C)c(C(=O)N2CCCCCC2C(=O)O)c(C)c1. The average Bonchev–Trinajstić information content (AvgIpc) is 2.62. The topological polar surface area (TPSA) is 57.6 Å². The molecule has 114 valence electrons. The molecule has 4 nitrogen and oxygen atoms in total. The lowest BCUT2D eigenvalue weighted by molar-refractivity contribution is -0.142. The van der Waals surface area contributed by atoms with E-state index in [-0.39, 0.29) is 5.91 Å². The van der Waals surface area contributed by atoms with Crippen molar-refractivity contribution in [1.82, 2.24) is 4.90 Å². The largest absolute Gasteiger partial charge is 0.480 e. The minimum absolute atomic E-state index is 0.140. The van der Waals surface area contributed by atoms with Crippen LogP contribution in [0.25, 0.3) is 0 Å². The second-order valence-electron chi connectivity index (χ2n) is 5.98. The van der Waals surface area contributed by atoms with E-state index in [4.69, 9.17) is 0 Å². The van der Waals surface area contributed by atoms with Crippen molar-refractivity contribution in [1.29, 1.82) is 0 Å².